The lowest BCUT2D eigenvalue weighted by atomic mass is 10.4. The van der Waals surface area contributed by atoms with E-state index in [0.717, 1.165) is 43.0 Å². The largest absolute Gasteiger partial charge is 0.380 e. The zero-order valence-corrected chi connectivity index (χ0v) is 13.5. The van der Waals surface area contributed by atoms with Gasteiger partial charge in [-0.15, -0.1) is 0 Å². The molecule has 0 fully saturated rings. The van der Waals surface area contributed by atoms with Crippen molar-refractivity contribution in [1.82, 2.24) is 9.97 Å². The number of aromatic nitrogens is 2. The van der Waals surface area contributed by atoms with E-state index < -0.39 is 0 Å². The highest BCUT2D eigenvalue weighted by atomic mass is 79.9. The van der Waals surface area contributed by atoms with E-state index in [-0.39, 0.29) is 0 Å². The van der Waals surface area contributed by atoms with Gasteiger partial charge < -0.3 is 15.0 Å². The SMILES string of the molecule is CCCNc1ncc(Br)c(N(CC)CCOCC)n1. The Morgan fingerprint density at radius 1 is 1.37 bits per heavy atom. The average Bonchev–Trinajstić information content (AvgIpc) is 2.43. The van der Waals surface area contributed by atoms with Crippen molar-refractivity contribution in [3.63, 3.8) is 0 Å². The molecule has 5 nitrogen and oxygen atoms in total. The molecule has 1 rings (SSSR count). The number of rotatable bonds is 9. The molecule has 1 aromatic heterocycles. The van der Waals surface area contributed by atoms with Crippen LogP contribution in [-0.2, 0) is 4.74 Å². The second-order valence-corrected chi connectivity index (χ2v) is 4.92. The lowest BCUT2D eigenvalue weighted by molar-refractivity contribution is 0.154. The van der Waals surface area contributed by atoms with Crippen LogP contribution in [0.2, 0.25) is 0 Å². The fraction of sp³-hybridized carbons (Fsp3) is 0.692. The molecule has 1 aromatic rings. The first-order valence-corrected chi connectivity index (χ1v) is 7.61. The second kappa shape index (κ2) is 9.09. The van der Waals surface area contributed by atoms with Crippen LogP contribution in [-0.4, -0.2) is 42.8 Å². The third-order valence-corrected chi connectivity index (χ3v) is 3.21. The summed E-state index contributed by atoms with van der Waals surface area (Å²) in [5.41, 5.74) is 0. The lowest BCUT2D eigenvalue weighted by Crippen LogP contribution is -2.28. The zero-order valence-electron chi connectivity index (χ0n) is 11.9. The zero-order chi connectivity index (χ0) is 14.1. The van der Waals surface area contributed by atoms with Crippen LogP contribution in [0.15, 0.2) is 10.7 Å². The Balaban J connectivity index is 2.76. The van der Waals surface area contributed by atoms with Crippen LogP contribution < -0.4 is 10.2 Å². The van der Waals surface area contributed by atoms with Crippen molar-refractivity contribution in [1.29, 1.82) is 0 Å². The molecule has 0 radical (unpaired) electrons. The summed E-state index contributed by atoms with van der Waals surface area (Å²) in [6.07, 6.45) is 2.85. The summed E-state index contributed by atoms with van der Waals surface area (Å²) in [7, 11) is 0. The Morgan fingerprint density at radius 3 is 2.79 bits per heavy atom. The number of ether oxygens (including phenoxy) is 1. The van der Waals surface area contributed by atoms with E-state index in [9.17, 15) is 0 Å². The number of likely N-dealkylation sites (N-methyl/N-ethyl adjacent to an activating group) is 1. The fourth-order valence-corrected chi connectivity index (χ4v) is 2.08. The first-order valence-electron chi connectivity index (χ1n) is 6.81. The second-order valence-electron chi connectivity index (χ2n) is 4.07. The maximum Gasteiger partial charge on any atom is 0.224 e. The summed E-state index contributed by atoms with van der Waals surface area (Å²) < 4.78 is 6.32. The van der Waals surface area contributed by atoms with Gasteiger partial charge in [0.15, 0.2) is 0 Å². The first-order chi connectivity index (χ1) is 9.22. The van der Waals surface area contributed by atoms with E-state index >= 15 is 0 Å². The summed E-state index contributed by atoms with van der Waals surface area (Å²) in [5, 5.41) is 3.21. The van der Waals surface area contributed by atoms with Crippen molar-refractivity contribution >= 4 is 27.7 Å². The maximum absolute atomic E-state index is 5.41. The van der Waals surface area contributed by atoms with Crippen molar-refractivity contribution in [2.45, 2.75) is 27.2 Å². The molecule has 0 unspecified atom stereocenters. The molecule has 0 atom stereocenters. The Bertz CT molecular complexity index is 376. The smallest absolute Gasteiger partial charge is 0.224 e. The van der Waals surface area contributed by atoms with Gasteiger partial charge in [0.1, 0.15) is 5.82 Å². The molecule has 6 heteroatoms. The molecule has 0 aromatic carbocycles. The van der Waals surface area contributed by atoms with Crippen LogP contribution in [0.4, 0.5) is 11.8 Å². The monoisotopic (exact) mass is 330 g/mol. The lowest BCUT2D eigenvalue weighted by Gasteiger charge is -2.23. The van der Waals surface area contributed by atoms with E-state index in [1.165, 1.54) is 0 Å². The van der Waals surface area contributed by atoms with E-state index in [1.54, 1.807) is 6.20 Å². The van der Waals surface area contributed by atoms with Crippen LogP contribution in [0.25, 0.3) is 0 Å². The molecule has 1 N–H and O–H groups in total. The highest BCUT2D eigenvalue weighted by Gasteiger charge is 2.11. The molecule has 0 spiro atoms. The normalized spacial score (nSPS) is 10.5. The summed E-state index contributed by atoms with van der Waals surface area (Å²) in [4.78, 5) is 11.0. The van der Waals surface area contributed by atoms with Gasteiger partial charge in [-0.3, -0.25) is 0 Å². The van der Waals surface area contributed by atoms with Crippen LogP contribution >= 0.6 is 15.9 Å². The number of anilines is 2. The maximum atomic E-state index is 5.41. The molecule has 108 valence electrons. The van der Waals surface area contributed by atoms with Crippen LogP contribution in [0.5, 0.6) is 0 Å². The van der Waals surface area contributed by atoms with Gasteiger partial charge in [0, 0.05) is 32.4 Å². The number of nitrogens with one attached hydrogen (secondary N) is 1. The molecule has 19 heavy (non-hydrogen) atoms. The van der Waals surface area contributed by atoms with Gasteiger partial charge in [-0.25, -0.2) is 4.98 Å². The van der Waals surface area contributed by atoms with Crippen LogP contribution in [0.3, 0.4) is 0 Å². The van der Waals surface area contributed by atoms with Crippen molar-refractivity contribution < 1.29 is 4.74 Å². The molecule has 0 bridgehead atoms. The van der Waals surface area contributed by atoms with Gasteiger partial charge >= 0.3 is 0 Å². The summed E-state index contributed by atoms with van der Waals surface area (Å²) >= 11 is 3.51. The quantitative estimate of drug-likeness (QED) is 0.705. The highest BCUT2D eigenvalue weighted by molar-refractivity contribution is 9.10. The van der Waals surface area contributed by atoms with Crippen molar-refractivity contribution in [2.24, 2.45) is 0 Å². The molecule has 0 saturated carbocycles. The molecule has 0 amide bonds. The minimum Gasteiger partial charge on any atom is -0.380 e. The van der Waals surface area contributed by atoms with Crippen LogP contribution in [0, 0.1) is 0 Å². The minimum absolute atomic E-state index is 0.676. The Labute approximate surface area is 123 Å². The Morgan fingerprint density at radius 2 is 2.16 bits per heavy atom. The highest BCUT2D eigenvalue weighted by Crippen LogP contribution is 2.24. The van der Waals surface area contributed by atoms with E-state index in [4.69, 9.17) is 4.74 Å². The Hall–Kier alpha value is -0.880. The average molecular weight is 331 g/mol. The predicted molar refractivity (Wildman–Crippen MR) is 82.9 cm³/mol. The van der Waals surface area contributed by atoms with Gasteiger partial charge in [0.25, 0.3) is 0 Å². The summed E-state index contributed by atoms with van der Waals surface area (Å²) in [6, 6.07) is 0. The third-order valence-electron chi connectivity index (χ3n) is 2.65. The molecular weight excluding hydrogens is 308 g/mol. The molecule has 0 aliphatic heterocycles. The molecule has 1 heterocycles. The van der Waals surface area contributed by atoms with Crippen molar-refractivity contribution in [2.75, 3.05) is 43.1 Å². The van der Waals surface area contributed by atoms with Gasteiger partial charge in [0.2, 0.25) is 5.95 Å². The fourth-order valence-electron chi connectivity index (χ4n) is 1.63. The number of hydrogen-bond acceptors (Lipinski definition) is 5. The first kappa shape index (κ1) is 16.2. The van der Waals surface area contributed by atoms with Crippen LogP contribution in [0.1, 0.15) is 27.2 Å². The molecular formula is C13H23BrN4O. The summed E-state index contributed by atoms with van der Waals surface area (Å²) in [5.74, 6) is 1.59. The van der Waals surface area contributed by atoms with E-state index in [2.05, 4.69) is 50.0 Å². The topological polar surface area (TPSA) is 50.3 Å². The minimum atomic E-state index is 0.676. The van der Waals surface area contributed by atoms with Gasteiger partial charge in [-0.05, 0) is 36.2 Å². The third kappa shape index (κ3) is 5.32. The molecule has 0 saturated heterocycles. The Kier molecular flexibility index (Phi) is 7.74. The van der Waals surface area contributed by atoms with Gasteiger partial charge in [-0.2, -0.15) is 4.98 Å². The van der Waals surface area contributed by atoms with Gasteiger partial charge in [-0.1, -0.05) is 6.92 Å². The standard InChI is InChI=1S/C13H23BrN4O/c1-4-7-15-13-16-10-11(14)12(17-13)18(5-2)8-9-19-6-3/h10H,4-9H2,1-3H3,(H,15,16,17). The van der Waals surface area contributed by atoms with E-state index in [1.807, 2.05) is 6.92 Å². The molecule has 0 aliphatic carbocycles. The summed E-state index contributed by atoms with van der Waals surface area (Å²) in [6.45, 7) is 10.3. The van der Waals surface area contributed by atoms with E-state index in [0.29, 0.717) is 12.6 Å². The van der Waals surface area contributed by atoms with Crippen molar-refractivity contribution in [3.05, 3.63) is 10.7 Å². The van der Waals surface area contributed by atoms with Gasteiger partial charge in [0.05, 0.1) is 11.1 Å². The number of nitrogens with zero attached hydrogens (tertiary/aromatic N) is 3. The molecule has 0 aliphatic rings. The number of hydrogen-bond donors (Lipinski definition) is 1. The van der Waals surface area contributed by atoms with Crippen molar-refractivity contribution in [3.8, 4) is 0 Å². The number of halogens is 1. The predicted octanol–water partition coefficient (Wildman–Crippen LogP) is 2.92.